The van der Waals surface area contributed by atoms with Crippen molar-refractivity contribution in [1.29, 1.82) is 0 Å². The summed E-state index contributed by atoms with van der Waals surface area (Å²) in [6, 6.07) is 10.1. The molecule has 3 rings (SSSR count). The Labute approximate surface area is 126 Å². The molecule has 2 atom stereocenters. The number of aliphatic hydroxyl groups is 1. The summed E-state index contributed by atoms with van der Waals surface area (Å²) < 4.78 is 0. The number of carbonyl (C=O) groups excluding carboxylic acids is 1. The molecule has 0 saturated heterocycles. The van der Waals surface area contributed by atoms with Gasteiger partial charge in [0.1, 0.15) is 6.61 Å². The van der Waals surface area contributed by atoms with Crippen LogP contribution in [0.4, 0.5) is 5.13 Å². The number of anilines is 1. The molecule has 5 heteroatoms. The van der Waals surface area contributed by atoms with Crippen molar-refractivity contribution in [2.24, 2.45) is 5.92 Å². The molecule has 1 heterocycles. The second-order valence-electron chi connectivity index (χ2n) is 4.84. The van der Waals surface area contributed by atoms with E-state index in [0.29, 0.717) is 11.0 Å². The molecular weight excluding hydrogens is 284 g/mol. The molecule has 21 heavy (non-hydrogen) atoms. The van der Waals surface area contributed by atoms with Gasteiger partial charge in [-0.15, -0.1) is 0 Å². The summed E-state index contributed by atoms with van der Waals surface area (Å²) in [7, 11) is 0. The van der Waals surface area contributed by atoms with Gasteiger partial charge in [0.25, 0.3) is 0 Å². The highest BCUT2D eigenvalue weighted by Crippen LogP contribution is 2.47. The van der Waals surface area contributed by atoms with Crippen molar-refractivity contribution in [3.05, 3.63) is 47.0 Å². The van der Waals surface area contributed by atoms with Gasteiger partial charge < -0.3 is 10.4 Å². The monoisotopic (exact) mass is 298 g/mol. The number of hydrogen-bond donors (Lipinski definition) is 2. The maximum atomic E-state index is 12.2. The molecule has 0 aliphatic heterocycles. The summed E-state index contributed by atoms with van der Waals surface area (Å²) in [6.07, 6.45) is 2.49. The number of aromatic nitrogens is 1. The molecule has 1 aliphatic carbocycles. The third kappa shape index (κ3) is 3.30. The van der Waals surface area contributed by atoms with Crippen molar-refractivity contribution in [3.63, 3.8) is 0 Å². The molecule has 106 valence electrons. The molecule has 0 radical (unpaired) electrons. The van der Waals surface area contributed by atoms with E-state index in [-0.39, 0.29) is 18.4 Å². The molecular formula is C16H14N2O2S. The van der Waals surface area contributed by atoms with Crippen molar-refractivity contribution < 1.29 is 9.90 Å². The van der Waals surface area contributed by atoms with Crippen molar-refractivity contribution in [1.82, 2.24) is 4.98 Å². The van der Waals surface area contributed by atoms with Gasteiger partial charge in [0.15, 0.2) is 5.13 Å². The Hall–Kier alpha value is -2.16. The number of benzene rings is 1. The zero-order valence-electron chi connectivity index (χ0n) is 11.2. The van der Waals surface area contributed by atoms with Crippen LogP contribution in [0.1, 0.15) is 22.8 Å². The first-order chi connectivity index (χ1) is 10.3. The highest BCUT2D eigenvalue weighted by Gasteiger charge is 2.43. The minimum Gasteiger partial charge on any atom is -0.384 e. The van der Waals surface area contributed by atoms with Crippen LogP contribution in [-0.2, 0) is 4.79 Å². The van der Waals surface area contributed by atoms with E-state index >= 15 is 0 Å². The summed E-state index contributed by atoms with van der Waals surface area (Å²) in [4.78, 5) is 17.0. The average molecular weight is 298 g/mol. The third-order valence-corrected chi connectivity index (χ3v) is 4.21. The largest absolute Gasteiger partial charge is 0.384 e. The molecule has 1 aromatic carbocycles. The minimum atomic E-state index is -0.180. The van der Waals surface area contributed by atoms with Crippen molar-refractivity contribution >= 4 is 22.4 Å². The fourth-order valence-electron chi connectivity index (χ4n) is 2.27. The zero-order chi connectivity index (χ0) is 14.7. The van der Waals surface area contributed by atoms with Gasteiger partial charge in [-0.1, -0.05) is 53.5 Å². The maximum absolute atomic E-state index is 12.2. The molecule has 2 aromatic rings. The quantitative estimate of drug-likeness (QED) is 0.854. The number of amides is 1. The molecule has 1 saturated carbocycles. The fourth-order valence-corrected chi connectivity index (χ4v) is 2.96. The van der Waals surface area contributed by atoms with E-state index in [4.69, 9.17) is 5.11 Å². The van der Waals surface area contributed by atoms with Crippen LogP contribution >= 0.6 is 11.3 Å². The van der Waals surface area contributed by atoms with E-state index < -0.39 is 0 Å². The van der Waals surface area contributed by atoms with E-state index in [9.17, 15) is 4.79 Å². The van der Waals surface area contributed by atoms with Crippen LogP contribution in [-0.4, -0.2) is 22.6 Å². The van der Waals surface area contributed by atoms with Crippen LogP contribution in [0.25, 0.3) is 0 Å². The van der Waals surface area contributed by atoms with Gasteiger partial charge in [-0.25, -0.2) is 4.98 Å². The topological polar surface area (TPSA) is 62.2 Å². The molecule has 1 fully saturated rings. The Morgan fingerprint density at radius 1 is 1.43 bits per heavy atom. The molecule has 1 aromatic heterocycles. The summed E-state index contributed by atoms with van der Waals surface area (Å²) in [5.74, 6) is 5.69. The van der Waals surface area contributed by atoms with E-state index in [1.165, 1.54) is 16.9 Å². The molecule has 0 bridgehead atoms. The van der Waals surface area contributed by atoms with Crippen LogP contribution in [0.3, 0.4) is 0 Å². The predicted octanol–water partition coefficient (Wildman–Crippen LogP) is 2.23. The minimum absolute atomic E-state index is 0.0138. The van der Waals surface area contributed by atoms with Gasteiger partial charge in [0, 0.05) is 5.92 Å². The van der Waals surface area contributed by atoms with Crippen molar-refractivity contribution in [2.45, 2.75) is 12.3 Å². The lowest BCUT2D eigenvalue weighted by atomic mass is 10.1. The van der Waals surface area contributed by atoms with E-state index in [0.717, 1.165) is 11.3 Å². The molecule has 2 N–H and O–H groups in total. The van der Waals surface area contributed by atoms with Gasteiger partial charge in [-0.05, 0) is 17.9 Å². The number of nitrogens with one attached hydrogen (secondary N) is 1. The Kier molecular flexibility index (Phi) is 4.00. The fraction of sp³-hybridized carbons (Fsp3) is 0.250. The summed E-state index contributed by atoms with van der Waals surface area (Å²) in [5.41, 5.74) is 1.21. The van der Waals surface area contributed by atoms with Crippen molar-refractivity contribution in [3.8, 4) is 11.8 Å². The van der Waals surface area contributed by atoms with Crippen LogP contribution in [0.15, 0.2) is 36.5 Å². The lowest BCUT2D eigenvalue weighted by Gasteiger charge is -2.01. The van der Waals surface area contributed by atoms with Gasteiger partial charge in [0.05, 0.1) is 11.1 Å². The summed E-state index contributed by atoms with van der Waals surface area (Å²) in [6.45, 7) is -0.180. The van der Waals surface area contributed by atoms with Gasteiger partial charge in [0.2, 0.25) is 5.91 Å². The molecule has 4 nitrogen and oxygen atoms in total. The van der Waals surface area contributed by atoms with Crippen LogP contribution in [0, 0.1) is 17.8 Å². The van der Waals surface area contributed by atoms with Crippen LogP contribution in [0.2, 0.25) is 0 Å². The number of nitrogens with zero attached hydrogens (tertiary/aromatic N) is 1. The Bertz CT molecular complexity index is 700. The zero-order valence-corrected chi connectivity index (χ0v) is 12.1. The van der Waals surface area contributed by atoms with Crippen LogP contribution in [0.5, 0.6) is 0 Å². The number of carbonyl (C=O) groups is 1. The first-order valence-electron chi connectivity index (χ1n) is 6.69. The first-order valence-corrected chi connectivity index (χ1v) is 7.51. The summed E-state index contributed by atoms with van der Waals surface area (Å²) >= 11 is 1.32. The Morgan fingerprint density at radius 2 is 2.24 bits per heavy atom. The highest BCUT2D eigenvalue weighted by molar-refractivity contribution is 7.16. The molecule has 2 unspecified atom stereocenters. The van der Waals surface area contributed by atoms with Crippen molar-refractivity contribution in [2.75, 3.05) is 11.9 Å². The average Bonchev–Trinajstić information content (AvgIpc) is 3.21. The molecule has 0 spiro atoms. The standard InChI is InChI=1S/C16H14N2O2S/c19-8-4-7-12-10-17-16(21-12)18-15(20)14-9-13(14)11-5-2-1-3-6-11/h1-3,5-6,10,13-14,19H,8-9H2,(H,17,18,20). The second kappa shape index (κ2) is 6.08. The van der Waals surface area contributed by atoms with Gasteiger partial charge in [-0.2, -0.15) is 0 Å². The third-order valence-electron chi connectivity index (χ3n) is 3.38. The van der Waals surface area contributed by atoms with E-state index in [2.05, 4.69) is 34.3 Å². The SMILES string of the molecule is O=C(Nc1ncc(C#CCO)s1)C1CC1c1ccccc1. The first kappa shape index (κ1) is 13.8. The number of thiazole rings is 1. The normalized spacial score (nSPS) is 19.5. The molecule has 1 amide bonds. The Balaban J connectivity index is 1.59. The lowest BCUT2D eigenvalue weighted by Crippen LogP contribution is -2.14. The number of hydrogen-bond acceptors (Lipinski definition) is 4. The lowest BCUT2D eigenvalue weighted by molar-refractivity contribution is -0.117. The highest BCUT2D eigenvalue weighted by atomic mass is 32.1. The summed E-state index contributed by atoms with van der Waals surface area (Å²) in [5, 5.41) is 12.0. The van der Waals surface area contributed by atoms with Gasteiger partial charge in [-0.3, -0.25) is 4.79 Å². The maximum Gasteiger partial charge on any atom is 0.229 e. The second-order valence-corrected chi connectivity index (χ2v) is 5.87. The smallest absolute Gasteiger partial charge is 0.229 e. The Morgan fingerprint density at radius 3 is 3.00 bits per heavy atom. The number of aliphatic hydroxyl groups excluding tert-OH is 1. The number of rotatable bonds is 3. The van der Waals surface area contributed by atoms with Crippen LogP contribution < -0.4 is 5.32 Å². The van der Waals surface area contributed by atoms with Gasteiger partial charge >= 0.3 is 0 Å². The molecule has 1 aliphatic rings. The predicted molar refractivity (Wildman–Crippen MR) is 82.0 cm³/mol. The van der Waals surface area contributed by atoms with E-state index in [1.54, 1.807) is 6.20 Å². The van der Waals surface area contributed by atoms with E-state index in [1.807, 2.05) is 18.2 Å².